The van der Waals surface area contributed by atoms with Crippen LogP contribution in [0.3, 0.4) is 0 Å². The molecule has 0 bridgehead atoms. The summed E-state index contributed by atoms with van der Waals surface area (Å²) in [6, 6.07) is 6.01. The van der Waals surface area contributed by atoms with Gasteiger partial charge in [0.05, 0.1) is 83.7 Å². The van der Waals surface area contributed by atoms with Crippen molar-refractivity contribution in [2.75, 3.05) is 107 Å². The molecule has 66 heavy (non-hydrogen) atoms. The average Bonchev–Trinajstić information content (AvgIpc) is 3.87. The molecule has 0 aliphatic rings. The zero-order chi connectivity index (χ0) is 48.1. The van der Waals surface area contributed by atoms with Crippen molar-refractivity contribution in [3.63, 3.8) is 0 Å². The Hall–Kier alpha value is -3.79. The normalized spacial score (nSPS) is 12.7. The minimum atomic E-state index is 0.115. The molecule has 0 aliphatic heterocycles. The van der Waals surface area contributed by atoms with Crippen LogP contribution in [0.15, 0.2) is 45.5 Å². The molecule has 0 spiro atoms. The Bertz CT molecular complexity index is 1910. The fourth-order valence-corrected chi connectivity index (χ4v) is 8.30. The number of aromatic amines is 2. The standard InChI is InChI=1S/C53H85N3O10/c1-11-44-45(12-2)51(56-48(44)13-3)32-39(6)46(17-15-19-58)41(8)47(38(4)5)35-50-42(16-14-18-57)34-43(55-50)37-54-49-36-53(66-31-29-64-27-25-62-23-21-60-10)52(33-40(49)7)65-30-28-63-26-24-61-22-20-59-9/h33-34,36-38,55-58H,11-32,35H2,1-10H3/b46-39+,47-41-,54-37?. The van der Waals surface area contributed by atoms with E-state index in [0.717, 1.165) is 67.6 Å². The maximum atomic E-state index is 10.00. The summed E-state index contributed by atoms with van der Waals surface area (Å²) in [5.74, 6) is 1.45. The van der Waals surface area contributed by atoms with Gasteiger partial charge in [-0.15, -0.1) is 0 Å². The molecule has 13 nitrogen and oxygen atoms in total. The number of allylic oxidation sites excluding steroid dienone is 4. The largest absolute Gasteiger partial charge is 0.487 e. The van der Waals surface area contributed by atoms with Gasteiger partial charge in [-0.1, -0.05) is 45.8 Å². The second kappa shape index (κ2) is 32.8. The van der Waals surface area contributed by atoms with Gasteiger partial charge in [0.2, 0.25) is 0 Å². The van der Waals surface area contributed by atoms with E-state index in [1.54, 1.807) is 14.2 Å². The molecule has 0 atom stereocenters. The van der Waals surface area contributed by atoms with Crippen LogP contribution in [0.4, 0.5) is 5.69 Å². The predicted molar refractivity (Wildman–Crippen MR) is 266 cm³/mol. The molecule has 2 heterocycles. The number of benzene rings is 1. The second-order valence-corrected chi connectivity index (χ2v) is 16.9. The molecular formula is C53H85N3O10. The van der Waals surface area contributed by atoms with Crippen molar-refractivity contribution in [1.82, 2.24) is 9.97 Å². The van der Waals surface area contributed by atoms with Gasteiger partial charge < -0.3 is 58.1 Å². The highest BCUT2D eigenvalue weighted by Crippen LogP contribution is 2.36. The van der Waals surface area contributed by atoms with E-state index in [2.05, 4.69) is 64.5 Å². The summed E-state index contributed by atoms with van der Waals surface area (Å²) in [5, 5.41) is 19.9. The smallest absolute Gasteiger partial charge is 0.163 e. The average molecular weight is 924 g/mol. The fraction of sp³-hybridized carbons (Fsp3) is 0.642. The number of aliphatic hydroxyl groups is 2. The number of nitrogens with zero attached hydrogens (tertiary/aromatic N) is 1. The summed E-state index contributed by atoms with van der Waals surface area (Å²) in [6.07, 6.45) is 9.45. The number of nitrogens with one attached hydrogen (secondary N) is 2. The Balaban J connectivity index is 1.91. The maximum Gasteiger partial charge on any atom is 0.163 e. The van der Waals surface area contributed by atoms with Gasteiger partial charge in [0.1, 0.15) is 13.2 Å². The van der Waals surface area contributed by atoms with Crippen LogP contribution in [0.1, 0.15) is 113 Å². The molecule has 0 unspecified atom stereocenters. The Morgan fingerprint density at radius 2 is 1.20 bits per heavy atom. The highest BCUT2D eigenvalue weighted by Gasteiger charge is 2.20. The van der Waals surface area contributed by atoms with Crippen molar-refractivity contribution in [3.8, 4) is 11.5 Å². The van der Waals surface area contributed by atoms with E-state index in [4.69, 9.17) is 42.9 Å². The molecule has 0 saturated heterocycles. The summed E-state index contributed by atoms with van der Waals surface area (Å²) < 4.78 is 44.9. The molecule has 0 saturated carbocycles. The van der Waals surface area contributed by atoms with E-state index in [1.165, 1.54) is 50.4 Å². The first-order valence-electron chi connectivity index (χ1n) is 24.3. The van der Waals surface area contributed by atoms with Gasteiger partial charge in [0.25, 0.3) is 0 Å². The van der Waals surface area contributed by atoms with Crippen molar-refractivity contribution >= 4 is 11.9 Å². The zero-order valence-corrected chi connectivity index (χ0v) is 42.3. The Labute approximate surface area is 396 Å². The van der Waals surface area contributed by atoms with E-state index in [9.17, 15) is 10.2 Å². The molecule has 13 heteroatoms. The number of aliphatic imine (C=N–C) groups is 1. The summed E-state index contributed by atoms with van der Waals surface area (Å²) in [5.41, 5.74) is 15.8. The summed E-state index contributed by atoms with van der Waals surface area (Å²) in [7, 11) is 3.29. The van der Waals surface area contributed by atoms with E-state index in [0.29, 0.717) is 104 Å². The lowest BCUT2D eigenvalue weighted by molar-refractivity contribution is 0.0160. The first kappa shape index (κ1) is 56.5. The van der Waals surface area contributed by atoms with E-state index in [-0.39, 0.29) is 19.1 Å². The first-order valence-corrected chi connectivity index (χ1v) is 24.3. The molecular weight excluding hydrogens is 839 g/mol. The zero-order valence-electron chi connectivity index (χ0n) is 42.3. The number of hydrogen-bond acceptors (Lipinski definition) is 11. The third kappa shape index (κ3) is 19.1. The maximum absolute atomic E-state index is 10.00. The van der Waals surface area contributed by atoms with Gasteiger partial charge in [0.15, 0.2) is 11.5 Å². The monoisotopic (exact) mass is 924 g/mol. The minimum Gasteiger partial charge on any atom is -0.487 e. The number of H-pyrrole nitrogens is 2. The van der Waals surface area contributed by atoms with Crippen LogP contribution >= 0.6 is 0 Å². The summed E-state index contributed by atoms with van der Waals surface area (Å²) in [6.45, 7) is 23.5. The Morgan fingerprint density at radius 3 is 1.73 bits per heavy atom. The van der Waals surface area contributed by atoms with Gasteiger partial charge in [-0.3, -0.25) is 4.99 Å². The van der Waals surface area contributed by atoms with Gasteiger partial charge in [0, 0.05) is 63.4 Å². The van der Waals surface area contributed by atoms with Crippen molar-refractivity contribution in [3.05, 3.63) is 85.5 Å². The molecule has 3 rings (SSSR count). The van der Waals surface area contributed by atoms with E-state index < -0.39 is 0 Å². The Kier molecular flexibility index (Phi) is 28.1. The number of methoxy groups -OCH3 is 2. The highest BCUT2D eigenvalue weighted by atomic mass is 16.6. The topological polar surface area (TPSA) is 158 Å². The Morgan fingerprint density at radius 1 is 0.652 bits per heavy atom. The van der Waals surface area contributed by atoms with Crippen LogP contribution < -0.4 is 9.47 Å². The van der Waals surface area contributed by atoms with Gasteiger partial charge in [-0.2, -0.15) is 0 Å². The SMILES string of the molecule is CCc1[nH]c(C/C(C)=C(CCCO)/C(C)=C(/Cc2[nH]c(C=Nc3cc(OCCOCCOCCOC)c(OCCOCCOCCOC)cc3C)cc2CCCO)C(C)C)c(CC)c1CC. The second-order valence-electron chi connectivity index (χ2n) is 16.9. The third-order valence-corrected chi connectivity index (χ3v) is 11.8. The molecule has 0 amide bonds. The molecule has 0 radical (unpaired) electrons. The number of rotatable bonds is 37. The van der Waals surface area contributed by atoms with Crippen LogP contribution in [-0.2, 0) is 66.9 Å². The lowest BCUT2D eigenvalue weighted by Crippen LogP contribution is -2.14. The number of aliphatic hydroxyl groups excluding tert-OH is 2. The number of aryl methyl sites for hydroxylation is 3. The van der Waals surface area contributed by atoms with Crippen molar-refractivity contribution in [2.45, 2.75) is 113 Å². The van der Waals surface area contributed by atoms with Crippen molar-refractivity contribution in [2.24, 2.45) is 10.9 Å². The van der Waals surface area contributed by atoms with Gasteiger partial charge in [-0.05, 0) is 117 Å². The lowest BCUT2D eigenvalue weighted by Gasteiger charge is -2.21. The predicted octanol–water partition coefficient (Wildman–Crippen LogP) is 8.98. The number of aromatic nitrogens is 2. The van der Waals surface area contributed by atoms with E-state index in [1.807, 2.05) is 25.3 Å². The number of ether oxygens (including phenoxy) is 8. The highest BCUT2D eigenvalue weighted by molar-refractivity contribution is 5.81. The molecule has 1 aromatic carbocycles. The summed E-state index contributed by atoms with van der Waals surface area (Å²) >= 11 is 0. The fourth-order valence-electron chi connectivity index (χ4n) is 8.30. The third-order valence-electron chi connectivity index (χ3n) is 11.8. The molecule has 4 N–H and O–H groups in total. The van der Waals surface area contributed by atoms with Crippen molar-refractivity contribution in [1.29, 1.82) is 0 Å². The van der Waals surface area contributed by atoms with Crippen LogP contribution in [0, 0.1) is 12.8 Å². The van der Waals surface area contributed by atoms with Gasteiger partial charge >= 0.3 is 0 Å². The van der Waals surface area contributed by atoms with Gasteiger partial charge in [-0.25, -0.2) is 0 Å². The number of hydrogen-bond donors (Lipinski definition) is 4. The molecule has 2 aromatic heterocycles. The molecule has 3 aromatic rings. The van der Waals surface area contributed by atoms with E-state index >= 15 is 0 Å². The molecule has 0 fully saturated rings. The van der Waals surface area contributed by atoms with Crippen LogP contribution in [-0.4, -0.2) is 133 Å². The quantitative estimate of drug-likeness (QED) is 0.0250. The van der Waals surface area contributed by atoms with Crippen LogP contribution in [0.5, 0.6) is 11.5 Å². The van der Waals surface area contributed by atoms with Crippen LogP contribution in [0.2, 0.25) is 0 Å². The molecule has 0 aliphatic carbocycles. The summed E-state index contributed by atoms with van der Waals surface area (Å²) in [4.78, 5) is 12.5. The minimum absolute atomic E-state index is 0.115. The van der Waals surface area contributed by atoms with Crippen LogP contribution in [0.25, 0.3) is 0 Å². The lowest BCUT2D eigenvalue weighted by atomic mass is 9.85. The molecule has 372 valence electrons. The first-order chi connectivity index (χ1) is 32.1. The van der Waals surface area contributed by atoms with Crippen molar-refractivity contribution < 1.29 is 48.1 Å².